The molecule has 2 atom stereocenters. The summed E-state index contributed by atoms with van der Waals surface area (Å²) < 4.78 is 11.2. The van der Waals surface area contributed by atoms with Crippen molar-refractivity contribution in [2.75, 3.05) is 13.7 Å². The van der Waals surface area contributed by atoms with Gasteiger partial charge < -0.3 is 14.6 Å². The van der Waals surface area contributed by atoms with Crippen LogP contribution in [-0.4, -0.2) is 24.9 Å². The molecule has 3 rings (SSSR count). The number of methoxy groups -OCH3 is 1. The first kappa shape index (κ1) is 11.8. The molecule has 0 aromatic heterocycles. The Morgan fingerprint density at radius 1 is 1.33 bits per heavy atom. The number of hydrogen-bond donors (Lipinski definition) is 1. The van der Waals surface area contributed by atoms with Gasteiger partial charge in [-0.15, -0.1) is 0 Å². The van der Waals surface area contributed by atoms with Crippen molar-refractivity contribution in [3.05, 3.63) is 23.8 Å². The summed E-state index contributed by atoms with van der Waals surface area (Å²) in [7, 11) is 1.66. The summed E-state index contributed by atoms with van der Waals surface area (Å²) in [6, 6.07) is 6.01. The lowest BCUT2D eigenvalue weighted by Gasteiger charge is -2.45. The summed E-state index contributed by atoms with van der Waals surface area (Å²) in [5, 5.41) is 10.5. The fourth-order valence-corrected chi connectivity index (χ4v) is 3.51. The second-order valence-electron chi connectivity index (χ2n) is 5.35. The molecule has 1 saturated carbocycles. The maximum atomic E-state index is 10.5. The molecule has 2 aliphatic rings. The van der Waals surface area contributed by atoms with E-state index in [1.807, 2.05) is 12.1 Å². The zero-order valence-corrected chi connectivity index (χ0v) is 10.8. The maximum absolute atomic E-state index is 10.5. The van der Waals surface area contributed by atoms with Gasteiger partial charge in [-0.25, -0.2) is 0 Å². The van der Waals surface area contributed by atoms with Crippen molar-refractivity contribution in [2.24, 2.45) is 0 Å². The van der Waals surface area contributed by atoms with Crippen LogP contribution in [0.5, 0.6) is 11.5 Å². The van der Waals surface area contributed by atoms with E-state index in [4.69, 9.17) is 9.47 Å². The van der Waals surface area contributed by atoms with Gasteiger partial charge in [-0.1, -0.05) is 25.0 Å². The molecule has 1 aliphatic carbocycles. The lowest BCUT2D eigenvalue weighted by molar-refractivity contribution is 0.0163. The lowest BCUT2D eigenvalue weighted by atomic mass is 9.64. The molecule has 0 bridgehead atoms. The van der Waals surface area contributed by atoms with Crippen LogP contribution in [0.2, 0.25) is 0 Å². The molecule has 0 saturated heterocycles. The van der Waals surface area contributed by atoms with Crippen LogP contribution >= 0.6 is 0 Å². The third kappa shape index (κ3) is 1.61. The number of aliphatic hydroxyl groups is 1. The molecule has 1 aliphatic heterocycles. The van der Waals surface area contributed by atoms with Crippen LogP contribution < -0.4 is 9.47 Å². The molecule has 1 fully saturated rings. The van der Waals surface area contributed by atoms with Crippen LogP contribution in [0.4, 0.5) is 0 Å². The van der Waals surface area contributed by atoms with Crippen molar-refractivity contribution in [3.8, 4) is 11.5 Å². The Morgan fingerprint density at radius 3 is 3.00 bits per heavy atom. The van der Waals surface area contributed by atoms with Crippen molar-refractivity contribution in [3.63, 3.8) is 0 Å². The van der Waals surface area contributed by atoms with E-state index in [0.717, 1.165) is 42.7 Å². The summed E-state index contributed by atoms with van der Waals surface area (Å²) in [4.78, 5) is 0. The quantitative estimate of drug-likeness (QED) is 0.830. The van der Waals surface area contributed by atoms with Crippen LogP contribution in [0.25, 0.3) is 0 Å². The van der Waals surface area contributed by atoms with E-state index >= 15 is 0 Å². The average Bonchev–Trinajstić information content (AvgIpc) is 2.42. The highest BCUT2D eigenvalue weighted by molar-refractivity contribution is 5.52. The van der Waals surface area contributed by atoms with E-state index in [1.165, 1.54) is 6.42 Å². The topological polar surface area (TPSA) is 38.7 Å². The Hall–Kier alpha value is -1.22. The molecule has 3 heteroatoms. The first-order chi connectivity index (χ1) is 8.78. The number of fused-ring (bicyclic) bond motifs is 2. The number of benzene rings is 1. The van der Waals surface area contributed by atoms with Gasteiger partial charge in [0.25, 0.3) is 0 Å². The van der Waals surface area contributed by atoms with Crippen molar-refractivity contribution in [1.29, 1.82) is 0 Å². The van der Waals surface area contributed by atoms with Crippen molar-refractivity contribution in [2.45, 2.75) is 43.6 Å². The van der Waals surface area contributed by atoms with E-state index in [2.05, 4.69) is 6.07 Å². The van der Waals surface area contributed by atoms with Gasteiger partial charge in [0, 0.05) is 11.0 Å². The van der Waals surface area contributed by atoms with Gasteiger partial charge in [0.1, 0.15) is 0 Å². The largest absolute Gasteiger partial charge is 0.493 e. The molecular weight excluding hydrogens is 228 g/mol. The number of aliphatic hydroxyl groups excluding tert-OH is 1. The van der Waals surface area contributed by atoms with Crippen molar-refractivity contribution < 1.29 is 14.6 Å². The van der Waals surface area contributed by atoms with Crippen molar-refractivity contribution >= 4 is 0 Å². The lowest BCUT2D eigenvalue weighted by Crippen LogP contribution is -2.45. The molecule has 0 amide bonds. The monoisotopic (exact) mass is 248 g/mol. The fraction of sp³-hybridized carbons (Fsp3) is 0.600. The van der Waals surface area contributed by atoms with Gasteiger partial charge in [0.2, 0.25) is 0 Å². The SMILES string of the molecule is COc1cccc2c1OCC[C@@]21CCCC[C@@H]1O. The molecule has 0 unspecified atom stereocenters. The summed E-state index contributed by atoms with van der Waals surface area (Å²) in [6.45, 7) is 0.671. The Kier molecular flexibility index (Phi) is 2.94. The molecule has 0 radical (unpaired) electrons. The second kappa shape index (κ2) is 4.47. The molecular formula is C15H20O3. The van der Waals surface area contributed by atoms with Crippen molar-refractivity contribution in [1.82, 2.24) is 0 Å². The van der Waals surface area contributed by atoms with Crippen LogP contribution in [0, 0.1) is 0 Å². The molecule has 18 heavy (non-hydrogen) atoms. The molecule has 98 valence electrons. The Balaban J connectivity index is 2.11. The van der Waals surface area contributed by atoms with Gasteiger partial charge in [0.05, 0.1) is 19.8 Å². The number of rotatable bonds is 1. The fourth-order valence-electron chi connectivity index (χ4n) is 3.51. The zero-order valence-electron chi connectivity index (χ0n) is 10.8. The molecule has 1 aromatic rings. The second-order valence-corrected chi connectivity index (χ2v) is 5.35. The minimum absolute atomic E-state index is 0.111. The zero-order chi connectivity index (χ0) is 12.6. The first-order valence-corrected chi connectivity index (χ1v) is 6.76. The van der Waals surface area contributed by atoms with Gasteiger partial charge in [-0.2, -0.15) is 0 Å². The highest BCUT2D eigenvalue weighted by Gasteiger charge is 2.45. The Bertz CT molecular complexity index is 443. The van der Waals surface area contributed by atoms with E-state index in [0.29, 0.717) is 6.61 Å². The predicted octanol–water partition coefficient (Wildman–Crippen LogP) is 2.65. The summed E-state index contributed by atoms with van der Waals surface area (Å²) in [6.07, 6.45) is 4.93. The van der Waals surface area contributed by atoms with E-state index in [-0.39, 0.29) is 11.5 Å². The van der Waals surface area contributed by atoms with Gasteiger partial charge in [-0.05, 0) is 25.3 Å². The third-order valence-electron chi connectivity index (χ3n) is 4.52. The predicted molar refractivity (Wildman–Crippen MR) is 69.3 cm³/mol. The van der Waals surface area contributed by atoms with Crippen LogP contribution in [0.15, 0.2) is 18.2 Å². The third-order valence-corrected chi connectivity index (χ3v) is 4.52. The molecule has 1 heterocycles. The smallest absolute Gasteiger partial charge is 0.164 e. The molecule has 3 nitrogen and oxygen atoms in total. The van der Waals surface area contributed by atoms with E-state index in [1.54, 1.807) is 7.11 Å². The van der Waals surface area contributed by atoms with Crippen LogP contribution in [0.3, 0.4) is 0 Å². The summed E-state index contributed by atoms with van der Waals surface area (Å²) in [5.41, 5.74) is 1.03. The highest BCUT2D eigenvalue weighted by atomic mass is 16.5. The van der Waals surface area contributed by atoms with E-state index < -0.39 is 0 Å². The van der Waals surface area contributed by atoms with Gasteiger partial charge in [-0.3, -0.25) is 0 Å². The molecule has 1 spiro atoms. The number of hydrogen-bond acceptors (Lipinski definition) is 3. The Labute approximate surface area is 108 Å². The normalized spacial score (nSPS) is 30.7. The number of para-hydroxylation sites is 1. The molecule has 1 N–H and O–H groups in total. The van der Waals surface area contributed by atoms with Crippen LogP contribution in [0.1, 0.15) is 37.7 Å². The van der Waals surface area contributed by atoms with Crippen LogP contribution in [-0.2, 0) is 5.41 Å². The van der Waals surface area contributed by atoms with Gasteiger partial charge >= 0.3 is 0 Å². The van der Waals surface area contributed by atoms with Gasteiger partial charge in [0.15, 0.2) is 11.5 Å². The minimum atomic E-state index is -0.249. The summed E-state index contributed by atoms with van der Waals surface area (Å²) >= 11 is 0. The highest BCUT2D eigenvalue weighted by Crippen LogP contribution is 2.50. The minimum Gasteiger partial charge on any atom is -0.493 e. The Morgan fingerprint density at radius 2 is 2.22 bits per heavy atom. The van der Waals surface area contributed by atoms with E-state index in [9.17, 15) is 5.11 Å². The standard InChI is InChI=1S/C15H20O3/c1-17-12-6-4-5-11-14(12)18-10-9-15(11)8-3-2-7-13(15)16/h4-6,13,16H,2-3,7-10H2,1H3/t13-,15-/m0/s1. The first-order valence-electron chi connectivity index (χ1n) is 6.76. The molecule has 1 aromatic carbocycles. The number of ether oxygens (including phenoxy) is 2. The maximum Gasteiger partial charge on any atom is 0.164 e. The summed E-state index contributed by atoms with van der Waals surface area (Å²) in [5.74, 6) is 1.62. The average molecular weight is 248 g/mol.